The molecule has 0 spiro atoms. The summed E-state index contributed by atoms with van der Waals surface area (Å²) in [5.74, 6) is 0. The van der Waals surface area contributed by atoms with Crippen LogP contribution in [-0.2, 0) is 6.54 Å². The average molecular weight is 348 g/mol. The Bertz CT molecular complexity index is 747. The summed E-state index contributed by atoms with van der Waals surface area (Å²) >= 11 is 3.62. The molecule has 3 rings (SSSR count). The molecule has 0 bridgehead atoms. The van der Waals surface area contributed by atoms with Gasteiger partial charge in [-0.05, 0) is 35.5 Å². The number of aryl methyl sites for hydroxylation is 1. The first kappa shape index (κ1) is 14.4. The van der Waals surface area contributed by atoms with E-state index in [1.54, 1.807) is 0 Å². The van der Waals surface area contributed by atoms with Crippen LogP contribution in [0.25, 0.3) is 11.0 Å². The van der Waals surface area contributed by atoms with Gasteiger partial charge in [-0.25, -0.2) is 0 Å². The molecule has 110 valence electrons. The molecule has 0 saturated heterocycles. The zero-order valence-electron chi connectivity index (χ0n) is 12.1. The molecule has 0 aliphatic carbocycles. The van der Waals surface area contributed by atoms with Gasteiger partial charge < -0.3 is 9.73 Å². The lowest BCUT2D eigenvalue weighted by molar-refractivity contribution is 0.528. The monoisotopic (exact) mass is 347 g/mol. The van der Waals surface area contributed by atoms with Gasteiger partial charge in [0, 0.05) is 17.5 Å². The molecule has 1 atom stereocenters. The van der Waals surface area contributed by atoms with Crippen molar-refractivity contribution in [3.05, 3.63) is 52.5 Å². The standard InChI is InChI=1S/C16H18BrN3O/c1-3-8-20-16(13(17)9-19-20)15(18-2)12-10-21-14-7-5-4-6-11(12)14/h4-7,9-10,15,18H,3,8H2,1-2H3. The molecule has 1 aromatic carbocycles. The molecule has 0 amide bonds. The van der Waals surface area contributed by atoms with Crippen LogP contribution in [0.4, 0.5) is 0 Å². The topological polar surface area (TPSA) is 43.0 Å². The Balaban J connectivity index is 2.12. The van der Waals surface area contributed by atoms with Crippen molar-refractivity contribution >= 4 is 26.9 Å². The lowest BCUT2D eigenvalue weighted by Gasteiger charge is -2.18. The number of furan rings is 1. The largest absolute Gasteiger partial charge is 0.464 e. The van der Waals surface area contributed by atoms with Gasteiger partial charge in [-0.15, -0.1) is 0 Å². The second-order valence-corrected chi connectivity index (χ2v) is 5.86. The number of nitrogens with zero attached hydrogens (tertiary/aromatic N) is 2. The van der Waals surface area contributed by atoms with E-state index in [-0.39, 0.29) is 6.04 Å². The maximum atomic E-state index is 5.68. The van der Waals surface area contributed by atoms with Crippen LogP contribution in [0, 0.1) is 0 Å². The quantitative estimate of drug-likeness (QED) is 0.755. The van der Waals surface area contributed by atoms with Crippen molar-refractivity contribution in [1.82, 2.24) is 15.1 Å². The molecule has 2 heterocycles. The molecule has 2 aromatic heterocycles. The van der Waals surface area contributed by atoms with E-state index >= 15 is 0 Å². The Labute approximate surface area is 132 Å². The van der Waals surface area contributed by atoms with Gasteiger partial charge in [0.2, 0.25) is 0 Å². The minimum Gasteiger partial charge on any atom is -0.464 e. The lowest BCUT2D eigenvalue weighted by Crippen LogP contribution is -2.22. The van der Waals surface area contributed by atoms with Crippen molar-refractivity contribution in [1.29, 1.82) is 0 Å². The van der Waals surface area contributed by atoms with Crippen molar-refractivity contribution in [2.45, 2.75) is 25.9 Å². The van der Waals surface area contributed by atoms with Crippen LogP contribution in [0.15, 0.2) is 45.6 Å². The third-order valence-corrected chi connectivity index (χ3v) is 4.26. The highest BCUT2D eigenvalue weighted by Gasteiger charge is 2.23. The van der Waals surface area contributed by atoms with Crippen molar-refractivity contribution in [2.75, 3.05) is 7.05 Å². The number of hydrogen-bond donors (Lipinski definition) is 1. The lowest BCUT2D eigenvalue weighted by atomic mass is 10.0. The fraction of sp³-hybridized carbons (Fsp3) is 0.312. The van der Waals surface area contributed by atoms with E-state index in [0.717, 1.165) is 39.7 Å². The molecule has 1 unspecified atom stereocenters. The van der Waals surface area contributed by atoms with Crippen LogP contribution in [-0.4, -0.2) is 16.8 Å². The van der Waals surface area contributed by atoms with Crippen LogP contribution in [0.3, 0.4) is 0 Å². The average Bonchev–Trinajstić information content (AvgIpc) is 3.07. The summed E-state index contributed by atoms with van der Waals surface area (Å²) in [5.41, 5.74) is 3.17. The van der Waals surface area contributed by atoms with Crippen molar-refractivity contribution in [3.8, 4) is 0 Å². The van der Waals surface area contributed by atoms with E-state index in [1.165, 1.54) is 0 Å². The van der Waals surface area contributed by atoms with Crippen LogP contribution in [0.5, 0.6) is 0 Å². The van der Waals surface area contributed by atoms with Crippen molar-refractivity contribution in [2.24, 2.45) is 0 Å². The van der Waals surface area contributed by atoms with E-state index in [2.05, 4.69) is 39.3 Å². The molecule has 4 nitrogen and oxygen atoms in total. The van der Waals surface area contributed by atoms with Gasteiger partial charge in [0.1, 0.15) is 5.58 Å². The molecule has 0 fully saturated rings. The number of aromatic nitrogens is 2. The summed E-state index contributed by atoms with van der Waals surface area (Å²) in [6.45, 7) is 3.05. The van der Waals surface area contributed by atoms with E-state index in [4.69, 9.17) is 4.42 Å². The van der Waals surface area contributed by atoms with E-state index in [0.29, 0.717) is 0 Å². The molecule has 1 N–H and O–H groups in total. The highest BCUT2D eigenvalue weighted by Crippen LogP contribution is 2.33. The summed E-state index contributed by atoms with van der Waals surface area (Å²) in [6, 6.07) is 8.14. The predicted molar refractivity (Wildman–Crippen MR) is 87.3 cm³/mol. The Morgan fingerprint density at radius 1 is 1.38 bits per heavy atom. The second kappa shape index (κ2) is 6.03. The van der Waals surface area contributed by atoms with Crippen LogP contribution in [0.2, 0.25) is 0 Å². The number of rotatable bonds is 5. The van der Waals surface area contributed by atoms with Gasteiger partial charge >= 0.3 is 0 Å². The first-order valence-corrected chi connectivity index (χ1v) is 7.90. The first-order chi connectivity index (χ1) is 10.3. The van der Waals surface area contributed by atoms with Crippen LogP contribution < -0.4 is 5.32 Å². The minimum absolute atomic E-state index is 0.0390. The summed E-state index contributed by atoms with van der Waals surface area (Å²) in [7, 11) is 1.96. The fourth-order valence-corrected chi connectivity index (χ4v) is 3.24. The SMILES string of the molecule is CCCn1ncc(Br)c1C(NC)c1coc2ccccc12. The summed E-state index contributed by atoms with van der Waals surface area (Å²) in [6.07, 6.45) is 4.74. The smallest absolute Gasteiger partial charge is 0.134 e. The third kappa shape index (κ3) is 2.51. The zero-order valence-corrected chi connectivity index (χ0v) is 13.7. The summed E-state index contributed by atoms with van der Waals surface area (Å²) in [5, 5.41) is 8.98. The van der Waals surface area contributed by atoms with Crippen LogP contribution in [0.1, 0.15) is 30.6 Å². The molecule has 0 radical (unpaired) electrons. The number of hydrogen-bond acceptors (Lipinski definition) is 3. The van der Waals surface area contributed by atoms with Gasteiger partial charge in [-0.1, -0.05) is 25.1 Å². The number of fused-ring (bicyclic) bond motifs is 1. The molecule has 5 heteroatoms. The highest BCUT2D eigenvalue weighted by atomic mass is 79.9. The molecule has 3 aromatic rings. The molecule has 21 heavy (non-hydrogen) atoms. The number of nitrogens with one attached hydrogen (secondary N) is 1. The Morgan fingerprint density at radius 3 is 2.95 bits per heavy atom. The third-order valence-electron chi connectivity index (χ3n) is 3.65. The van der Waals surface area contributed by atoms with Crippen molar-refractivity contribution < 1.29 is 4.42 Å². The van der Waals surface area contributed by atoms with Crippen molar-refractivity contribution in [3.63, 3.8) is 0 Å². The summed E-state index contributed by atoms with van der Waals surface area (Å²) < 4.78 is 8.75. The normalized spacial score (nSPS) is 12.9. The Kier molecular flexibility index (Phi) is 4.12. The molecule has 0 aliphatic rings. The maximum Gasteiger partial charge on any atom is 0.134 e. The van der Waals surface area contributed by atoms with Gasteiger partial charge in [-0.3, -0.25) is 4.68 Å². The maximum absolute atomic E-state index is 5.68. The fourth-order valence-electron chi connectivity index (χ4n) is 2.71. The summed E-state index contributed by atoms with van der Waals surface area (Å²) in [4.78, 5) is 0. The minimum atomic E-state index is 0.0390. The van der Waals surface area contributed by atoms with Gasteiger partial charge in [0.05, 0.1) is 28.7 Å². The van der Waals surface area contributed by atoms with E-state index < -0.39 is 0 Å². The molecular formula is C16H18BrN3O. The predicted octanol–water partition coefficient (Wildman–Crippen LogP) is 4.11. The van der Waals surface area contributed by atoms with Gasteiger partial charge in [0.15, 0.2) is 0 Å². The van der Waals surface area contributed by atoms with E-state index in [9.17, 15) is 0 Å². The van der Waals surface area contributed by atoms with Gasteiger partial charge in [0.25, 0.3) is 0 Å². The Hall–Kier alpha value is -1.59. The number of benzene rings is 1. The first-order valence-electron chi connectivity index (χ1n) is 7.10. The van der Waals surface area contributed by atoms with Gasteiger partial charge in [-0.2, -0.15) is 5.10 Å². The van der Waals surface area contributed by atoms with E-state index in [1.807, 2.05) is 42.4 Å². The molecule has 0 aliphatic heterocycles. The van der Waals surface area contributed by atoms with Crippen LogP contribution >= 0.6 is 15.9 Å². The highest BCUT2D eigenvalue weighted by molar-refractivity contribution is 9.10. The second-order valence-electron chi connectivity index (χ2n) is 5.01. The molecule has 0 saturated carbocycles. The zero-order chi connectivity index (χ0) is 14.8. The Morgan fingerprint density at radius 2 is 2.19 bits per heavy atom. The number of para-hydroxylation sites is 1. The molecular weight excluding hydrogens is 330 g/mol. The number of halogens is 1.